The average molecular weight is 515 g/mol. The molecule has 0 fully saturated rings. The van der Waals surface area contributed by atoms with Crippen molar-refractivity contribution >= 4 is 23.6 Å². The molecule has 0 aromatic heterocycles. The van der Waals surface area contributed by atoms with Crippen molar-refractivity contribution < 1.29 is 19.2 Å². The van der Waals surface area contributed by atoms with E-state index in [0.717, 1.165) is 16.7 Å². The summed E-state index contributed by atoms with van der Waals surface area (Å²) >= 11 is 0. The summed E-state index contributed by atoms with van der Waals surface area (Å²) in [7, 11) is 1.51. The van der Waals surface area contributed by atoms with E-state index in [9.17, 15) is 19.2 Å². The highest BCUT2D eigenvalue weighted by atomic mass is 16.2. The Labute approximate surface area is 223 Å². The predicted molar refractivity (Wildman–Crippen MR) is 146 cm³/mol. The standard InChI is InChI=1S/C30H34N4O4/c1-21(35)32-25(18-22-12-6-3-7-13-22)29(37)33-26(19-23-14-8-4-9-15-23)30(38)34(2)27(28(31)36)20-24-16-10-5-11-17-24/h3-17,25-27H,18-20H2,1-2H3,(H2,31,36)(H,32,35)(H,33,37). The molecule has 0 saturated heterocycles. The van der Waals surface area contributed by atoms with E-state index in [2.05, 4.69) is 10.6 Å². The third-order valence-corrected chi connectivity index (χ3v) is 6.29. The number of hydrogen-bond donors (Lipinski definition) is 3. The second-order valence-electron chi connectivity index (χ2n) is 9.25. The molecule has 0 aliphatic carbocycles. The fourth-order valence-corrected chi connectivity index (χ4v) is 4.29. The van der Waals surface area contributed by atoms with Gasteiger partial charge in [0.15, 0.2) is 0 Å². The number of amides is 4. The van der Waals surface area contributed by atoms with Gasteiger partial charge in [-0.15, -0.1) is 0 Å². The molecule has 3 unspecified atom stereocenters. The number of nitrogens with one attached hydrogen (secondary N) is 2. The van der Waals surface area contributed by atoms with Gasteiger partial charge in [0.1, 0.15) is 18.1 Å². The maximum Gasteiger partial charge on any atom is 0.245 e. The van der Waals surface area contributed by atoms with Gasteiger partial charge in [-0.3, -0.25) is 19.2 Å². The van der Waals surface area contributed by atoms with Gasteiger partial charge in [0.25, 0.3) is 0 Å². The Bertz CT molecular complexity index is 1220. The summed E-state index contributed by atoms with van der Waals surface area (Å²) in [6.45, 7) is 1.34. The molecule has 0 aliphatic heterocycles. The van der Waals surface area contributed by atoms with Crippen LogP contribution in [0.4, 0.5) is 0 Å². The molecule has 3 aromatic rings. The first-order valence-electron chi connectivity index (χ1n) is 12.5. The van der Waals surface area contributed by atoms with Gasteiger partial charge in [0.2, 0.25) is 23.6 Å². The van der Waals surface area contributed by atoms with E-state index in [1.807, 2.05) is 91.0 Å². The van der Waals surface area contributed by atoms with Crippen LogP contribution in [0.3, 0.4) is 0 Å². The van der Waals surface area contributed by atoms with E-state index in [-0.39, 0.29) is 25.2 Å². The van der Waals surface area contributed by atoms with E-state index >= 15 is 0 Å². The molecule has 3 aromatic carbocycles. The fourth-order valence-electron chi connectivity index (χ4n) is 4.29. The van der Waals surface area contributed by atoms with Crippen molar-refractivity contribution in [2.24, 2.45) is 5.73 Å². The zero-order valence-corrected chi connectivity index (χ0v) is 21.7. The Balaban J connectivity index is 1.85. The zero-order valence-electron chi connectivity index (χ0n) is 21.7. The summed E-state index contributed by atoms with van der Waals surface area (Å²) in [4.78, 5) is 52.7. The molecule has 0 heterocycles. The van der Waals surface area contributed by atoms with Crippen molar-refractivity contribution in [3.05, 3.63) is 108 Å². The maximum absolute atomic E-state index is 13.7. The molecule has 3 rings (SSSR count). The fraction of sp³-hybridized carbons (Fsp3) is 0.267. The van der Waals surface area contributed by atoms with Crippen molar-refractivity contribution in [2.75, 3.05) is 7.05 Å². The molecule has 4 amide bonds. The lowest BCUT2D eigenvalue weighted by molar-refractivity contribution is -0.141. The number of carbonyl (C=O) groups excluding carboxylic acids is 4. The molecular formula is C30H34N4O4. The number of benzene rings is 3. The molecule has 4 N–H and O–H groups in total. The van der Waals surface area contributed by atoms with E-state index < -0.39 is 35.8 Å². The normalized spacial score (nSPS) is 13.0. The van der Waals surface area contributed by atoms with Gasteiger partial charge >= 0.3 is 0 Å². The van der Waals surface area contributed by atoms with Crippen LogP contribution in [0.2, 0.25) is 0 Å². The lowest BCUT2D eigenvalue weighted by Gasteiger charge is -2.31. The van der Waals surface area contributed by atoms with Gasteiger partial charge in [-0.05, 0) is 16.7 Å². The number of carbonyl (C=O) groups is 4. The third-order valence-electron chi connectivity index (χ3n) is 6.29. The highest BCUT2D eigenvalue weighted by Gasteiger charge is 2.33. The summed E-state index contributed by atoms with van der Waals surface area (Å²) in [5.41, 5.74) is 8.25. The van der Waals surface area contributed by atoms with E-state index in [1.165, 1.54) is 18.9 Å². The van der Waals surface area contributed by atoms with Gasteiger partial charge < -0.3 is 21.3 Å². The van der Waals surface area contributed by atoms with Crippen molar-refractivity contribution in [3.8, 4) is 0 Å². The quantitative estimate of drug-likeness (QED) is 0.342. The molecule has 0 aliphatic rings. The maximum atomic E-state index is 13.7. The van der Waals surface area contributed by atoms with Crippen LogP contribution in [0.15, 0.2) is 91.0 Å². The van der Waals surface area contributed by atoms with Crippen LogP contribution in [0.25, 0.3) is 0 Å². The molecular weight excluding hydrogens is 480 g/mol. The summed E-state index contributed by atoms with van der Waals surface area (Å²) in [6.07, 6.45) is 0.698. The van der Waals surface area contributed by atoms with Crippen LogP contribution in [0, 0.1) is 0 Å². The summed E-state index contributed by atoms with van der Waals surface area (Å²) in [6, 6.07) is 25.1. The van der Waals surface area contributed by atoms with E-state index in [4.69, 9.17) is 5.73 Å². The summed E-state index contributed by atoms with van der Waals surface area (Å²) in [5.74, 6) is -1.95. The van der Waals surface area contributed by atoms with Gasteiger partial charge in [0, 0.05) is 33.2 Å². The lowest BCUT2D eigenvalue weighted by atomic mass is 10.00. The minimum Gasteiger partial charge on any atom is -0.368 e. The van der Waals surface area contributed by atoms with Crippen molar-refractivity contribution in [3.63, 3.8) is 0 Å². The topological polar surface area (TPSA) is 122 Å². The Morgan fingerprint density at radius 2 is 1.11 bits per heavy atom. The highest BCUT2D eigenvalue weighted by Crippen LogP contribution is 2.13. The average Bonchev–Trinajstić information content (AvgIpc) is 2.91. The largest absolute Gasteiger partial charge is 0.368 e. The number of primary amides is 1. The summed E-state index contributed by atoms with van der Waals surface area (Å²) < 4.78 is 0. The van der Waals surface area contributed by atoms with Crippen LogP contribution in [0.5, 0.6) is 0 Å². The van der Waals surface area contributed by atoms with Crippen LogP contribution in [-0.4, -0.2) is 53.7 Å². The Hall–Kier alpha value is -4.46. The van der Waals surface area contributed by atoms with Gasteiger partial charge in [-0.2, -0.15) is 0 Å². The molecule has 0 spiro atoms. The van der Waals surface area contributed by atoms with Crippen molar-refractivity contribution in [2.45, 2.75) is 44.3 Å². The number of likely N-dealkylation sites (N-methyl/N-ethyl adjacent to an activating group) is 1. The van der Waals surface area contributed by atoms with Crippen molar-refractivity contribution in [1.82, 2.24) is 15.5 Å². The van der Waals surface area contributed by atoms with Crippen LogP contribution >= 0.6 is 0 Å². The second kappa shape index (κ2) is 13.7. The summed E-state index contributed by atoms with van der Waals surface area (Å²) in [5, 5.41) is 5.52. The second-order valence-corrected chi connectivity index (χ2v) is 9.25. The van der Waals surface area contributed by atoms with Gasteiger partial charge in [-0.1, -0.05) is 91.0 Å². The first-order chi connectivity index (χ1) is 18.2. The Morgan fingerprint density at radius 1 is 0.684 bits per heavy atom. The van der Waals surface area contributed by atoms with Crippen LogP contribution < -0.4 is 16.4 Å². The molecule has 8 heteroatoms. The van der Waals surface area contributed by atoms with Gasteiger partial charge in [0.05, 0.1) is 0 Å². The van der Waals surface area contributed by atoms with E-state index in [0.29, 0.717) is 0 Å². The molecule has 0 radical (unpaired) electrons. The minimum atomic E-state index is -0.987. The molecule has 8 nitrogen and oxygen atoms in total. The SMILES string of the molecule is CC(=O)NC(Cc1ccccc1)C(=O)NC(Cc1ccccc1)C(=O)N(C)C(Cc1ccccc1)C(N)=O. The number of hydrogen-bond acceptors (Lipinski definition) is 4. The molecule has 38 heavy (non-hydrogen) atoms. The van der Waals surface area contributed by atoms with Crippen LogP contribution in [-0.2, 0) is 38.4 Å². The first-order valence-corrected chi connectivity index (χ1v) is 12.5. The number of rotatable bonds is 12. The number of nitrogens with zero attached hydrogens (tertiary/aromatic N) is 1. The predicted octanol–water partition coefficient (Wildman–Crippen LogP) is 2.02. The van der Waals surface area contributed by atoms with E-state index in [1.54, 1.807) is 0 Å². The Morgan fingerprint density at radius 3 is 1.53 bits per heavy atom. The monoisotopic (exact) mass is 514 g/mol. The Kier molecular flexibility index (Phi) is 10.2. The minimum absolute atomic E-state index is 0.199. The van der Waals surface area contributed by atoms with Crippen LogP contribution in [0.1, 0.15) is 23.6 Å². The lowest BCUT2D eigenvalue weighted by Crippen LogP contribution is -2.58. The zero-order chi connectivity index (χ0) is 27.5. The third kappa shape index (κ3) is 8.30. The number of nitrogens with two attached hydrogens (primary N) is 1. The highest BCUT2D eigenvalue weighted by molar-refractivity contribution is 5.94. The van der Waals surface area contributed by atoms with Crippen molar-refractivity contribution in [1.29, 1.82) is 0 Å². The molecule has 3 atom stereocenters. The first kappa shape index (κ1) is 28.1. The smallest absolute Gasteiger partial charge is 0.245 e. The molecule has 198 valence electrons. The van der Waals surface area contributed by atoms with Gasteiger partial charge in [-0.25, -0.2) is 0 Å². The molecule has 0 bridgehead atoms. The molecule has 0 saturated carbocycles.